The molecule has 0 aliphatic rings. The van der Waals surface area contributed by atoms with Crippen LogP contribution in [0.4, 0.5) is 0 Å². The van der Waals surface area contributed by atoms with Crippen LogP contribution in [0, 0.1) is 0 Å². The van der Waals surface area contributed by atoms with Crippen molar-refractivity contribution in [2.24, 2.45) is 0 Å². The van der Waals surface area contributed by atoms with Crippen LogP contribution in [0.2, 0.25) is 0 Å². The number of nitrogens with one attached hydrogen (secondary N) is 1. The number of halogens is 1. The van der Waals surface area contributed by atoms with E-state index in [0.29, 0.717) is 5.88 Å². The van der Waals surface area contributed by atoms with E-state index >= 15 is 0 Å². The average molecular weight is 268 g/mol. The van der Waals surface area contributed by atoms with Crippen LogP contribution in [-0.2, 0) is 4.79 Å². The van der Waals surface area contributed by atoms with Gasteiger partial charge in [-0.05, 0) is 31.7 Å². The molecule has 2 nitrogen and oxygen atoms in total. The van der Waals surface area contributed by atoms with Crippen LogP contribution in [0.3, 0.4) is 0 Å². The molecule has 0 fully saturated rings. The third kappa shape index (κ3) is 4.69. The molecule has 1 amide bonds. The molecule has 0 radical (unpaired) electrons. The highest BCUT2D eigenvalue weighted by Crippen LogP contribution is 2.19. The van der Waals surface area contributed by atoms with E-state index in [-0.39, 0.29) is 17.9 Å². The molecule has 0 saturated carbocycles. The zero-order valence-corrected chi connectivity index (χ0v) is 11.9. The summed E-state index contributed by atoms with van der Waals surface area (Å²) in [7, 11) is 0. The zero-order valence-electron chi connectivity index (χ0n) is 11.2. The number of amides is 1. The fraction of sp³-hybridized carbons (Fsp3) is 0.533. The molecule has 1 aromatic carbocycles. The van der Waals surface area contributed by atoms with Crippen molar-refractivity contribution in [2.75, 3.05) is 5.88 Å². The molecule has 18 heavy (non-hydrogen) atoms. The summed E-state index contributed by atoms with van der Waals surface area (Å²) in [6.07, 6.45) is 2.68. The largest absolute Gasteiger partial charge is 0.353 e. The van der Waals surface area contributed by atoms with Crippen LogP contribution >= 0.6 is 11.6 Å². The predicted octanol–water partition coefficient (Wildman–Crippen LogP) is 3.70. The van der Waals surface area contributed by atoms with Gasteiger partial charge in [0.05, 0.1) is 5.92 Å². The lowest BCUT2D eigenvalue weighted by Gasteiger charge is -2.19. The van der Waals surface area contributed by atoms with Gasteiger partial charge in [-0.25, -0.2) is 0 Å². The Balaban J connectivity index is 2.58. The summed E-state index contributed by atoms with van der Waals surface area (Å²) in [4.78, 5) is 12.2. The zero-order chi connectivity index (χ0) is 13.4. The fourth-order valence-corrected chi connectivity index (χ4v) is 2.21. The minimum atomic E-state index is -0.0512. The van der Waals surface area contributed by atoms with Gasteiger partial charge in [0.15, 0.2) is 0 Å². The molecule has 0 aliphatic carbocycles. The average Bonchev–Trinajstić information content (AvgIpc) is 2.38. The van der Waals surface area contributed by atoms with E-state index in [1.54, 1.807) is 0 Å². The summed E-state index contributed by atoms with van der Waals surface area (Å²) in [5.74, 6) is 0.714. The van der Waals surface area contributed by atoms with Gasteiger partial charge >= 0.3 is 0 Å². The smallest absolute Gasteiger partial charge is 0.227 e. The first-order valence-electron chi connectivity index (χ1n) is 6.60. The van der Waals surface area contributed by atoms with Crippen molar-refractivity contribution in [1.29, 1.82) is 0 Å². The van der Waals surface area contributed by atoms with E-state index in [0.717, 1.165) is 24.8 Å². The molecule has 0 spiro atoms. The molecule has 0 aliphatic heterocycles. The Bertz CT molecular complexity index is 353. The van der Waals surface area contributed by atoms with E-state index in [1.807, 2.05) is 44.2 Å². The molecule has 0 bridgehead atoms. The maximum Gasteiger partial charge on any atom is 0.227 e. The number of benzene rings is 1. The second-order valence-corrected chi connectivity index (χ2v) is 4.99. The Morgan fingerprint density at radius 2 is 2.00 bits per heavy atom. The van der Waals surface area contributed by atoms with Crippen LogP contribution in [-0.4, -0.2) is 17.8 Å². The molecular weight excluding hydrogens is 246 g/mol. The first kappa shape index (κ1) is 15.0. The van der Waals surface area contributed by atoms with Crippen molar-refractivity contribution in [2.45, 2.75) is 45.1 Å². The van der Waals surface area contributed by atoms with E-state index in [2.05, 4.69) is 5.32 Å². The highest BCUT2D eigenvalue weighted by atomic mass is 35.5. The van der Waals surface area contributed by atoms with Crippen LogP contribution in [0.15, 0.2) is 30.3 Å². The van der Waals surface area contributed by atoms with Crippen molar-refractivity contribution in [3.8, 4) is 0 Å². The van der Waals surface area contributed by atoms with Crippen molar-refractivity contribution < 1.29 is 4.79 Å². The van der Waals surface area contributed by atoms with E-state index < -0.39 is 0 Å². The lowest BCUT2D eigenvalue weighted by Crippen LogP contribution is -2.36. The Kier molecular flexibility index (Phi) is 6.81. The van der Waals surface area contributed by atoms with Crippen LogP contribution in [0.1, 0.15) is 44.6 Å². The van der Waals surface area contributed by atoms with E-state index in [4.69, 9.17) is 11.6 Å². The normalized spacial score (nSPS) is 13.9. The molecule has 100 valence electrons. The first-order chi connectivity index (χ1) is 8.69. The molecule has 3 heteroatoms. The van der Waals surface area contributed by atoms with Gasteiger partial charge in [0.2, 0.25) is 5.91 Å². The monoisotopic (exact) mass is 267 g/mol. The van der Waals surface area contributed by atoms with Gasteiger partial charge in [-0.1, -0.05) is 37.3 Å². The number of rotatable bonds is 7. The number of alkyl halides is 1. The third-order valence-corrected chi connectivity index (χ3v) is 3.35. The summed E-state index contributed by atoms with van der Waals surface area (Å²) in [5, 5.41) is 3.07. The van der Waals surface area contributed by atoms with Crippen LogP contribution < -0.4 is 5.32 Å². The lowest BCUT2D eigenvalue weighted by atomic mass is 9.95. The van der Waals surface area contributed by atoms with E-state index in [1.165, 1.54) is 0 Å². The Morgan fingerprint density at radius 1 is 1.33 bits per heavy atom. The maximum atomic E-state index is 12.2. The highest BCUT2D eigenvalue weighted by Gasteiger charge is 2.19. The predicted molar refractivity (Wildman–Crippen MR) is 77.0 cm³/mol. The number of carbonyl (C=O) groups is 1. The van der Waals surface area contributed by atoms with Crippen molar-refractivity contribution in [3.05, 3.63) is 35.9 Å². The molecule has 1 N–H and O–H groups in total. The van der Waals surface area contributed by atoms with Gasteiger partial charge in [-0.2, -0.15) is 0 Å². The Labute approximate surface area is 115 Å². The lowest BCUT2D eigenvalue weighted by molar-refractivity contribution is -0.123. The molecule has 0 aromatic heterocycles. The summed E-state index contributed by atoms with van der Waals surface area (Å²) in [6, 6.07) is 10.1. The van der Waals surface area contributed by atoms with Gasteiger partial charge in [0, 0.05) is 11.9 Å². The van der Waals surface area contributed by atoms with Gasteiger partial charge in [-0.15, -0.1) is 11.6 Å². The molecule has 0 saturated heterocycles. The maximum absolute atomic E-state index is 12.2. The van der Waals surface area contributed by atoms with Crippen molar-refractivity contribution >= 4 is 17.5 Å². The SMILES string of the molecule is CCC(C(=O)NC(C)CCCCl)c1ccccc1. The number of carbonyl (C=O) groups excluding carboxylic acids is 1. The molecule has 1 aromatic rings. The van der Waals surface area contributed by atoms with Crippen LogP contribution in [0.5, 0.6) is 0 Å². The van der Waals surface area contributed by atoms with Gasteiger partial charge in [-0.3, -0.25) is 4.79 Å². The van der Waals surface area contributed by atoms with E-state index in [9.17, 15) is 4.79 Å². The summed E-state index contributed by atoms with van der Waals surface area (Å²) in [5.41, 5.74) is 1.09. The second-order valence-electron chi connectivity index (χ2n) is 4.61. The highest BCUT2D eigenvalue weighted by molar-refractivity contribution is 6.17. The van der Waals surface area contributed by atoms with Crippen molar-refractivity contribution in [3.63, 3.8) is 0 Å². The Morgan fingerprint density at radius 3 is 2.56 bits per heavy atom. The molecule has 2 atom stereocenters. The Hall–Kier alpha value is -1.02. The molecule has 0 heterocycles. The first-order valence-corrected chi connectivity index (χ1v) is 7.13. The summed E-state index contributed by atoms with van der Waals surface area (Å²) in [6.45, 7) is 4.07. The molecule has 1 rings (SSSR count). The molecular formula is C15H22ClNO. The summed E-state index contributed by atoms with van der Waals surface area (Å²) < 4.78 is 0. The van der Waals surface area contributed by atoms with Gasteiger partial charge in [0.25, 0.3) is 0 Å². The second kappa shape index (κ2) is 8.15. The van der Waals surface area contributed by atoms with Gasteiger partial charge < -0.3 is 5.32 Å². The van der Waals surface area contributed by atoms with Crippen LogP contribution in [0.25, 0.3) is 0 Å². The summed E-state index contributed by atoms with van der Waals surface area (Å²) >= 11 is 5.66. The van der Waals surface area contributed by atoms with Gasteiger partial charge in [0.1, 0.15) is 0 Å². The van der Waals surface area contributed by atoms with Crippen molar-refractivity contribution in [1.82, 2.24) is 5.32 Å². The third-order valence-electron chi connectivity index (χ3n) is 3.09. The minimum absolute atomic E-state index is 0.0512. The molecule has 2 unspecified atom stereocenters. The minimum Gasteiger partial charge on any atom is -0.353 e. The fourth-order valence-electron chi connectivity index (χ4n) is 2.06. The standard InChI is InChI=1S/C15H22ClNO/c1-3-14(13-9-5-4-6-10-13)15(18)17-12(2)8-7-11-16/h4-6,9-10,12,14H,3,7-8,11H2,1-2H3,(H,17,18). The number of hydrogen-bond acceptors (Lipinski definition) is 1. The quantitative estimate of drug-likeness (QED) is 0.750. The number of hydrogen-bond donors (Lipinski definition) is 1. The topological polar surface area (TPSA) is 29.1 Å².